The number of morpholine rings is 1. The van der Waals surface area contributed by atoms with Crippen molar-refractivity contribution in [3.63, 3.8) is 0 Å². The number of amides is 1. The molecule has 0 atom stereocenters. The Labute approximate surface area is 225 Å². The highest BCUT2D eigenvalue weighted by Crippen LogP contribution is 2.33. The largest absolute Gasteiger partial charge is 0.510 e. The van der Waals surface area contributed by atoms with Crippen LogP contribution in [0.1, 0.15) is 43.5 Å². The average molecular weight is 537 g/mol. The van der Waals surface area contributed by atoms with Gasteiger partial charge < -0.3 is 20.3 Å². The van der Waals surface area contributed by atoms with Gasteiger partial charge in [-0.2, -0.15) is 0 Å². The number of pyridine rings is 2. The van der Waals surface area contributed by atoms with Crippen molar-refractivity contribution in [3.05, 3.63) is 69.6 Å². The summed E-state index contributed by atoms with van der Waals surface area (Å²) in [5.74, 6) is -1.58. The number of aliphatic hydroxyl groups excluding tert-OH is 1. The van der Waals surface area contributed by atoms with Gasteiger partial charge >= 0.3 is 0 Å². The van der Waals surface area contributed by atoms with E-state index in [1.54, 1.807) is 38.2 Å². The van der Waals surface area contributed by atoms with Gasteiger partial charge in [-0.15, -0.1) is 0 Å². The zero-order valence-electron chi connectivity index (χ0n) is 22.2. The number of hydrogen-bond donors (Lipinski definition) is 3. The van der Waals surface area contributed by atoms with Crippen LogP contribution in [0.5, 0.6) is 5.75 Å². The van der Waals surface area contributed by atoms with Gasteiger partial charge in [0.2, 0.25) is 0 Å². The molecule has 39 heavy (non-hydrogen) atoms. The molecule has 1 aliphatic carbocycles. The maximum absolute atomic E-state index is 13.7. The van der Waals surface area contributed by atoms with Crippen molar-refractivity contribution >= 4 is 16.9 Å². The van der Waals surface area contributed by atoms with E-state index in [2.05, 4.69) is 15.2 Å². The summed E-state index contributed by atoms with van der Waals surface area (Å²) in [4.78, 5) is 33.9. The Morgan fingerprint density at radius 2 is 1.82 bits per heavy atom. The summed E-state index contributed by atoms with van der Waals surface area (Å²) in [5.41, 5.74) is 0.163. The van der Waals surface area contributed by atoms with Crippen molar-refractivity contribution in [1.29, 1.82) is 0 Å². The summed E-state index contributed by atoms with van der Waals surface area (Å²) in [6.45, 7) is 6.76. The summed E-state index contributed by atoms with van der Waals surface area (Å²) in [5, 5.41) is 25.0. The lowest BCUT2D eigenvalue weighted by Crippen LogP contribution is -2.48. The van der Waals surface area contributed by atoms with Crippen LogP contribution in [-0.4, -0.2) is 69.0 Å². The lowest BCUT2D eigenvalue weighted by Gasteiger charge is -2.31. The SMILES string of the molecule is CC(C)(NC(=O)c1c(O)c2cc(-c3ccc(F)cc3)cnc2n(CCN2CCOCC2)c1=O)C(O)=C1CCC1. The number of rotatable bonds is 7. The number of aromatic hydroxyl groups is 1. The second-order valence-electron chi connectivity index (χ2n) is 10.6. The number of halogens is 1. The molecule has 2 aliphatic rings. The smallest absolute Gasteiger partial charge is 0.268 e. The van der Waals surface area contributed by atoms with Crippen LogP contribution < -0.4 is 10.9 Å². The fourth-order valence-corrected chi connectivity index (χ4v) is 5.03. The molecule has 3 aromatic rings. The maximum atomic E-state index is 13.7. The number of nitrogens with one attached hydrogen (secondary N) is 1. The normalized spacial score (nSPS) is 16.2. The van der Waals surface area contributed by atoms with Crippen LogP contribution in [0.25, 0.3) is 22.2 Å². The first-order valence-electron chi connectivity index (χ1n) is 13.2. The van der Waals surface area contributed by atoms with E-state index in [-0.39, 0.29) is 29.2 Å². The monoisotopic (exact) mass is 536 g/mol. The lowest BCUT2D eigenvalue weighted by molar-refractivity contribution is 0.0364. The third kappa shape index (κ3) is 5.39. The van der Waals surface area contributed by atoms with Gasteiger partial charge in [0.25, 0.3) is 11.5 Å². The van der Waals surface area contributed by atoms with Gasteiger partial charge in [-0.05, 0) is 62.4 Å². The molecule has 9 nitrogen and oxygen atoms in total. The summed E-state index contributed by atoms with van der Waals surface area (Å²) >= 11 is 0. The van der Waals surface area contributed by atoms with Crippen LogP contribution in [0.3, 0.4) is 0 Å². The Bertz CT molecular complexity index is 1480. The number of allylic oxidation sites excluding steroid dienone is 1. The Hall–Kier alpha value is -3.76. The van der Waals surface area contributed by atoms with E-state index in [9.17, 15) is 24.2 Å². The van der Waals surface area contributed by atoms with Crippen molar-refractivity contribution in [1.82, 2.24) is 19.8 Å². The standard InChI is InChI=1S/C29H33FN4O5/c1-29(2,25(36)19-4-3-5-19)32-27(37)23-24(35)22-16-20(18-6-8-21(30)9-7-18)17-31-26(22)34(28(23)38)11-10-33-12-14-39-15-13-33/h6-9,16-17,35-36H,3-5,10-15H2,1-2H3,(H,32,37). The third-order valence-corrected chi connectivity index (χ3v) is 7.53. The molecule has 3 heterocycles. The average Bonchev–Trinajstić information content (AvgIpc) is 2.88. The number of aromatic nitrogens is 2. The molecule has 10 heteroatoms. The molecule has 1 amide bonds. The molecule has 3 N–H and O–H groups in total. The zero-order valence-corrected chi connectivity index (χ0v) is 22.2. The second-order valence-corrected chi connectivity index (χ2v) is 10.6. The van der Waals surface area contributed by atoms with Gasteiger partial charge in [-0.1, -0.05) is 12.1 Å². The predicted octanol–water partition coefficient (Wildman–Crippen LogP) is 3.74. The van der Waals surface area contributed by atoms with Crippen LogP contribution >= 0.6 is 0 Å². The molecule has 206 valence electrons. The van der Waals surface area contributed by atoms with Gasteiger partial charge in [0, 0.05) is 37.9 Å². The number of fused-ring (bicyclic) bond motifs is 1. The molecule has 1 aliphatic heterocycles. The van der Waals surface area contributed by atoms with Gasteiger partial charge in [-0.3, -0.25) is 19.1 Å². The summed E-state index contributed by atoms with van der Waals surface area (Å²) in [6.07, 6.45) is 4.06. The molecule has 1 saturated carbocycles. The number of nitrogens with zero attached hydrogens (tertiary/aromatic N) is 3. The number of carbonyl (C=O) groups excluding carboxylic acids is 1. The molecular weight excluding hydrogens is 503 g/mol. The van der Waals surface area contributed by atoms with Crippen molar-refractivity contribution in [3.8, 4) is 16.9 Å². The molecule has 2 fully saturated rings. The highest BCUT2D eigenvalue weighted by atomic mass is 19.1. The topological polar surface area (TPSA) is 117 Å². The first-order valence-corrected chi connectivity index (χ1v) is 13.2. The van der Waals surface area contributed by atoms with Gasteiger partial charge in [0.05, 0.1) is 24.1 Å². The third-order valence-electron chi connectivity index (χ3n) is 7.53. The number of ether oxygens (including phenoxy) is 1. The summed E-state index contributed by atoms with van der Waals surface area (Å²) < 4.78 is 20.3. The zero-order chi connectivity index (χ0) is 27.7. The molecule has 0 radical (unpaired) electrons. The summed E-state index contributed by atoms with van der Waals surface area (Å²) in [6, 6.07) is 7.48. The minimum absolute atomic E-state index is 0.0790. The summed E-state index contributed by atoms with van der Waals surface area (Å²) in [7, 11) is 0. The Morgan fingerprint density at radius 1 is 1.13 bits per heavy atom. The molecule has 0 bridgehead atoms. The van der Waals surface area contributed by atoms with Gasteiger partial charge in [-0.25, -0.2) is 9.37 Å². The van der Waals surface area contributed by atoms with Crippen LogP contribution in [-0.2, 0) is 11.3 Å². The number of aliphatic hydroxyl groups is 1. The van der Waals surface area contributed by atoms with Crippen molar-refractivity contribution in [2.24, 2.45) is 0 Å². The first kappa shape index (κ1) is 26.8. The molecular formula is C29H33FN4O5. The van der Waals surface area contributed by atoms with E-state index in [0.717, 1.165) is 37.9 Å². The minimum atomic E-state index is -1.13. The highest BCUT2D eigenvalue weighted by molar-refractivity contribution is 6.02. The second kappa shape index (κ2) is 10.8. The van der Waals surface area contributed by atoms with E-state index in [4.69, 9.17) is 4.74 Å². The number of hydrogen-bond acceptors (Lipinski definition) is 7. The fraction of sp³-hybridized carbons (Fsp3) is 0.414. The van der Waals surface area contributed by atoms with E-state index in [1.165, 1.54) is 16.7 Å². The van der Waals surface area contributed by atoms with Crippen molar-refractivity contribution < 1.29 is 24.1 Å². The predicted molar refractivity (Wildman–Crippen MR) is 145 cm³/mol. The van der Waals surface area contributed by atoms with Crippen LogP contribution in [0.2, 0.25) is 0 Å². The van der Waals surface area contributed by atoms with Crippen LogP contribution in [0.15, 0.2) is 52.7 Å². The lowest BCUT2D eigenvalue weighted by atomic mass is 9.85. The molecule has 0 spiro atoms. The van der Waals surface area contributed by atoms with Gasteiger partial charge in [0.1, 0.15) is 28.5 Å². The Kier molecular flexibility index (Phi) is 7.42. The van der Waals surface area contributed by atoms with E-state index in [0.29, 0.717) is 30.9 Å². The van der Waals surface area contributed by atoms with Crippen molar-refractivity contribution in [2.45, 2.75) is 45.2 Å². The van der Waals surface area contributed by atoms with E-state index in [1.807, 2.05) is 0 Å². The van der Waals surface area contributed by atoms with Crippen molar-refractivity contribution in [2.75, 3.05) is 32.8 Å². The Balaban J connectivity index is 1.58. The number of benzene rings is 1. The maximum Gasteiger partial charge on any atom is 0.268 e. The first-order chi connectivity index (χ1) is 18.7. The molecule has 0 unspecified atom stereocenters. The molecule has 5 rings (SSSR count). The van der Waals surface area contributed by atoms with E-state index >= 15 is 0 Å². The molecule has 1 saturated heterocycles. The number of carbonyl (C=O) groups is 1. The van der Waals surface area contributed by atoms with Gasteiger partial charge in [0.15, 0.2) is 0 Å². The van der Waals surface area contributed by atoms with Crippen LogP contribution in [0.4, 0.5) is 4.39 Å². The fourth-order valence-electron chi connectivity index (χ4n) is 5.03. The Morgan fingerprint density at radius 3 is 2.46 bits per heavy atom. The minimum Gasteiger partial charge on any atom is -0.510 e. The highest BCUT2D eigenvalue weighted by Gasteiger charge is 2.33. The van der Waals surface area contributed by atoms with E-state index < -0.39 is 28.3 Å². The molecule has 2 aromatic heterocycles. The quantitative estimate of drug-likeness (QED) is 0.394. The van der Waals surface area contributed by atoms with Crippen LogP contribution in [0, 0.1) is 5.82 Å². The molecule has 1 aromatic carbocycles.